The lowest BCUT2D eigenvalue weighted by atomic mass is 9.84. The molecule has 0 aliphatic carbocycles. The van der Waals surface area contributed by atoms with E-state index in [4.69, 9.17) is 0 Å². The Kier molecular flexibility index (Phi) is 6.45. The average molecular weight is 172 g/mol. The fourth-order valence-electron chi connectivity index (χ4n) is 2.30. The maximum absolute atomic E-state index is 2.45. The van der Waals surface area contributed by atoms with E-state index in [9.17, 15) is 0 Å². The highest BCUT2D eigenvalue weighted by Gasteiger charge is 2.28. The molecule has 0 aliphatic heterocycles. The zero-order chi connectivity index (χ0) is 9.45. The molecule has 0 spiro atoms. The van der Waals surface area contributed by atoms with E-state index in [1.54, 1.807) is 0 Å². The summed E-state index contributed by atoms with van der Waals surface area (Å²) in [5.41, 5.74) is 0.568. The molecule has 0 saturated heterocycles. The Labute approximate surface area is 77.9 Å². The molecule has 74 valence electrons. The van der Waals surface area contributed by atoms with Crippen LogP contribution in [0.3, 0.4) is 0 Å². The Morgan fingerprint density at radius 2 is 1.17 bits per heavy atom. The van der Waals surface area contributed by atoms with Crippen molar-refractivity contribution in [2.24, 2.45) is 0 Å². The lowest BCUT2D eigenvalue weighted by Crippen LogP contribution is -2.93. The van der Waals surface area contributed by atoms with E-state index in [1.165, 1.54) is 38.5 Å². The monoisotopic (exact) mass is 172 g/mol. The van der Waals surface area contributed by atoms with Crippen LogP contribution in [0.1, 0.15) is 59.3 Å². The van der Waals surface area contributed by atoms with Crippen molar-refractivity contribution in [3.05, 3.63) is 0 Å². The minimum absolute atomic E-state index is 0.568. The number of rotatable bonds is 7. The molecule has 0 atom stereocenters. The van der Waals surface area contributed by atoms with Crippen LogP contribution in [0.15, 0.2) is 0 Å². The number of hydrogen-bond acceptors (Lipinski definition) is 0. The van der Waals surface area contributed by atoms with E-state index in [0.29, 0.717) is 5.54 Å². The number of nitrogens with two attached hydrogens (primary N) is 1. The van der Waals surface area contributed by atoms with Crippen LogP contribution < -0.4 is 5.32 Å². The second-order valence-electron chi connectivity index (χ2n) is 3.90. The van der Waals surface area contributed by atoms with Gasteiger partial charge in [0.2, 0.25) is 0 Å². The zero-order valence-corrected chi connectivity index (χ0v) is 9.32. The highest BCUT2D eigenvalue weighted by Crippen LogP contribution is 2.20. The normalized spacial score (nSPS) is 12.0. The van der Waals surface area contributed by atoms with Gasteiger partial charge in [-0.25, -0.2) is 0 Å². The molecule has 0 rings (SSSR count). The van der Waals surface area contributed by atoms with E-state index in [-0.39, 0.29) is 0 Å². The predicted octanol–water partition coefficient (Wildman–Crippen LogP) is 2.32. The number of quaternary nitrogens is 1. The molecule has 0 saturated carbocycles. The van der Waals surface area contributed by atoms with Gasteiger partial charge in [0.25, 0.3) is 0 Å². The molecule has 0 bridgehead atoms. The summed E-state index contributed by atoms with van der Waals surface area (Å²) >= 11 is 0. The lowest BCUT2D eigenvalue weighted by Gasteiger charge is -2.29. The van der Waals surface area contributed by atoms with Crippen LogP contribution in [0.4, 0.5) is 0 Å². The Hall–Kier alpha value is -0.0400. The Bertz CT molecular complexity index is 82.2. The van der Waals surface area contributed by atoms with Crippen LogP contribution in [0.25, 0.3) is 0 Å². The standard InChI is InChI=1S/C11H25N/c1-5-8-11(12-4,9-6-2)10-7-3/h12H,5-10H2,1-4H3/p+1. The molecule has 0 aliphatic rings. The van der Waals surface area contributed by atoms with Crippen molar-refractivity contribution < 1.29 is 5.32 Å². The van der Waals surface area contributed by atoms with Gasteiger partial charge in [0.15, 0.2) is 0 Å². The van der Waals surface area contributed by atoms with Gasteiger partial charge in [-0.3, -0.25) is 0 Å². The van der Waals surface area contributed by atoms with Crippen LogP contribution in [-0.4, -0.2) is 12.6 Å². The Morgan fingerprint density at radius 3 is 1.33 bits per heavy atom. The Balaban J connectivity index is 4.06. The van der Waals surface area contributed by atoms with Gasteiger partial charge >= 0.3 is 0 Å². The molecule has 12 heavy (non-hydrogen) atoms. The zero-order valence-electron chi connectivity index (χ0n) is 9.32. The summed E-state index contributed by atoms with van der Waals surface area (Å²) in [5.74, 6) is 0. The maximum atomic E-state index is 2.45. The van der Waals surface area contributed by atoms with Gasteiger partial charge < -0.3 is 5.32 Å². The topological polar surface area (TPSA) is 16.6 Å². The first-order chi connectivity index (χ1) is 5.74. The summed E-state index contributed by atoms with van der Waals surface area (Å²) in [6.45, 7) is 6.89. The van der Waals surface area contributed by atoms with E-state index in [0.717, 1.165) is 0 Å². The fraction of sp³-hybridized carbons (Fsp3) is 1.00. The molecule has 1 nitrogen and oxygen atoms in total. The largest absolute Gasteiger partial charge is 0.344 e. The molecule has 1 heteroatoms. The quantitative estimate of drug-likeness (QED) is 0.607. The lowest BCUT2D eigenvalue weighted by molar-refractivity contribution is -0.707. The highest BCUT2D eigenvalue weighted by atomic mass is 14.9. The summed E-state index contributed by atoms with van der Waals surface area (Å²) in [6, 6.07) is 0. The van der Waals surface area contributed by atoms with E-state index < -0.39 is 0 Å². The predicted molar refractivity (Wildman–Crippen MR) is 55.3 cm³/mol. The smallest absolute Gasteiger partial charge is 0.0958 e. The Morgan fingerprint density at radius 1 is 0.833 bits per heavy atom. The van der Waals surface area contributed by atoms with Crippen molar-refractivity contribution >= 4 is 0 Å². The minimum atomic E-state index is 0.568. The van der Waals surface area contributed by atoms with Crippen LogP contribution in [0.5, 0.6) is 0 Å². The molecule has 0 unspecified atom stereocenters. The first-order valence-electron chi connectivity index (χ1n) is 5.55. The van der Waals surface area contributed by atoms with Gasteiger partial charge in [0, 0.05) is 19.3 Å². The SMILES string of the molecule is CCCC(CCC)(CCC)[NH2+]C. The first-order valence-corrected chi connectivity index (χ1v) is 5.55. The van der Waals surface area contributed by atoms with E-state index in [2.05, 4.69) is 33.1 Å². The molecule has 0 heterocycles. The molecule has 0 aromatic carbocycles. The van der Waals surface area contributed by atoms with Crippen molar-refractivity contribution in [2.75, 3.05) is 7.05 Å². The highest BCUT2D eigenvalue weighted by molar-refractivity contribution is 4.75. The summed E-state index contributed by atoms with van der Waals surface area (Å²) < 4.78 is 0. The van der Waals surface area contributed by atoms with Gasteiger partial charge in [0.05, 0.1) is 12.6 Å². The van der Waals surface area contributed by atoms with Crippen molar-refractivity contribution in [2.45, 2.75) is 64.8 Å². The molecule has 0 aromatic heterocycles. The third-order valence-corrected chi connectivity index (χ3v) is 2.86. The minimum Gasteiger partial charge on any atom is -0.344 e. The summed E-state index contributed by atoms with van der Waals surface area (Å²) in [7, 11) is 2.24. The fourth-order valence-corrected chi connectivity index (χ4v) is 2.30. The summed E-state index contributed by atoms with van der Waals surface area (Å²) in [5, 5.41) is 2.45. The van der Waals surface area contributed by atoms with Gasteiger partial charge in [-0.05, 0) is 0 Å². The molecular weight excluding hydrogens is 146 g/mol. The van der Waals surface area contributed by atoms with Crippen molar-refractivity contribution in [3.8, 4) is 0 Å². The molecule has 0 amide bonds. The molecule has 0 fully saturated rings. The summed E-state index contributed by atoms with van der Waals surface area (Å²) in [6.07, 6.45) is 8.11. The third kappa shape index (κ3) is 3.57. The first kappa shape index (κ1) is 12.0. The average Bonchev–Trinajstić information content (AvgIpc) is 2.06. The molecule has 0 aromatic rings. The van der Waals surface area contributed by atoms with Crippen LogP contribution >= 0.6 is 0 Å². The van der Waals surface area contributed by atoms with E-state index >= 15 is 0 Å². The van der Waals surface area contributed by atoms with Gasteiger partial charge in [-0.15, -0.1) is 0 Å². The number of hydrogen-bond donors (Lipinski definition) is 1. The van der Waals surface area contributed by atoms with Crippen molar-refractivity contribution in [3.63, 3.8) is 0 Å². The second-order valence-corrected chi connectivity index (χ2v) is 3.90. The molecular formula is C11H26N+. The maximum Gasteiger partial charge on any atom is 0.0958 e. The van der Waals surface area contributed by atoms with E-state index in [1.807, 2.05) is 0 Å². The van der Waals surface area contributed by atoms with Crippen LogP contribution in [0.2, 0.25) is 0 Å². The molecule has 2 N–H and O–H groups in total. The van der Waals surface area contributed by atoms with Gasteiger partial charge in [0.1, 0.15) is 0 Å². The summed E-state index contributed by atoms with van der Waals surface area (Å²) in [4.78, 5) is 0. The third-order valence-electron chi connectivity index (χ3n) is 2.86. The van der Waals surface area contributed by atoms with Gasteiger partial charge in [-0.2, -0.15) is 0 Å². The van der Waals surface area contributed by atoms with Crippen molar-refractivity contribution in [1.82, 2.24) is 0 Å². The van der Waals surface area contributed by atoms with Crippen molar-refractivity contribution in [1.29, 1.82) is 0 Å². The van der Waals surface area contributed by atoms with Crippen LogP contribution in [0, 0.1) is 0 Å². The second kappa shape index (κ2) is 6.47. The van der Waals surface area contributed by atoms with Crippen LogP contribution in [-0.2, 0) is 0 Å². The molecule has 0 radical (unpaired) electrons. The van der Waals surface area contributed by atoms with Gasteiger partial charge in [-0.1, -0.05) is 40.0 Å².